The van der Waals surface area contributed by atoms with E-state index in [0.717, 1.165) is 12.1 Å². The molecule has 96 valence electrons. The molecule has 0 aliphatic carbocycles. The lowest BCUT2D eigenvalue weighted by atomic mass is 10.2. The summed E-state index contributed by atoms with van der Waals surface area (Å²) in [4.78, 5) is 11.4. The molecule has 0 saturated heterocycles. The molecule has 3 nitrogen and oxygen atoms in total. The van der Waals surface area contributed by atoms with Crippen LogP contribution in [0.1, 0.15) is 40.9 Å². The maximum atomic E-state index is 4.37. The van der Waals surface area contributed by atoms with E-state index in [2.05, 4.69) is 42.1 Å². The Kier molecular flexibility index (Phi) is 3.97. The van der Waals surface area contributed by atoms with Gasteiger partial charge in [-0.3, -0.25) is 0 Å². The number of nitrogens with zero attached hydrogens (tertiary/aromatic N) is 2. The molecule has 0 aromatic carbocycles. The molecule has 2 heterocycles. The summed E-state index contributed by atoms with van der Waals surface area (Å²) in [5.41, 5.74) is 2.37. The molecule has 2 rings (SSSR count). The normalized spacial score (nSPS) is 12.4. The first kappa shape index (κ1) is 13.0. The number of hydrogen-bond donors (Lipinski definition) is 1. The molecular weight excluding hydrogens is 242 g/mol. The molecule has 2 aromatic heterocycles. The van der Waals surface area contributed by atoms with E-state index in [1.165, 1.54) is 15.3 Å². The van der Waals surface area contributed by atoms with Crippen LogP contribution in [-0.2, 0) is 6.42 Å². The molecule has 0 fully saturated rings. The maximum Gasteiger partial charge on any atom is 0.223 e. The topological polar surface area (TPSA) is 37.8 Å². The zero-order valence-electron chi connectivity index (χ0n) is 11.3. The molecule has 0 saturated carbocycles. The molecule has 0 aliphatic rings. The van der Waals surface area contributed by atoms with E-state index in [1.807, 2.05) is 24.3 Å². The van der Waals surface area contributed by atoms with Gasteiger partial charge in [-0.05, 0) is 44.9 Å². The Bertz CT molecular complexity index is 534. The minimum absolute atomic E-state index is 0.246. The third kappa shape index (κ3) is 2.88. The largest absolute Gasteiger partial charge is 0.347 e. The van der Waals surface area contributed by atoms with Gasteiger partial charge in [-0.15, -0.1) is 11.3 Å². The summed E-state index contributed by atoms with van der Waals surface area (Å²) in [6.45, 7) is 8.50. The number of nitrogens with one attached hydrogen (secondary N) is 1. The van der Waals surface area contributed by atoms with Crippen LogP contribution < -0.4 is 5.32 Å². The smallest absolute Gasteiger partial charge is 0.223 e. The molecule has 0 aliphatic heterocycles. The van der Waals surface area contributed by atoms with Gasteiger partial charge >= 0.3 is 0 Å². The summed E-state index contributed by atoms with van der Waals surface area (Å²) < 4.78 is 0. The Labute approximate surface area is 112 Å². The summed E-state index contributed by atoms with van der Waals surface area (Å²) in [7, 11) is 0. The minimum atomic E-state index is 0.246. The fraction of sp³-hybridized carbons (Fsp3) is 0.429. The van der Waals surface area contributed by atoms with Crippen molar-refractivity contribution in [1.29, 1.82) is 0 Å². The second-order valence-corrected chi connectivity index (χ2v) is 5.66. The number of rotatable bonds is 4. The summed E-state index contributed by atoms with van der Waals surface area (Å²) in [6.07, 6.45) is 2.89. The van der Waals surface area contributed by atoms with Crippen LogP contribution in [0.25, 0.3) is 0 Å². The molecule has 4 heteroatoms. The van der Waals surface area contributed by atoms with E-state index >= 15 is 0 Å². The van der Waals surface area contributed by atoms with Crippen LogP contribution in [0.3, 0.4) is 0 Å². The molecule has 0 radical (unpaired) electrons. The first-order valence-electron chi connectivity index (χ1n) is 6.25. The third-order valence-corrected chi connectivity index (χ3v) is 4.49. The summed E-state index contributed by atoms with van der Waals surface area (Å²) in [5, 5.41) is 3.35. The molecule has 1 unspecified atom stereocenters. The Morgan fingerprint density at radius 1 is 1.39 bits per heavy atom. The van der Waals surface area contributed by atoms with Crippen molar-refractivity contribution in [2.45, 2.75) is 40.2 Å². The standard InChI is InChI=1S/C14H19N3S/c1-5-12-9(2)8-13(18-12)11(4)17-14-15-7-6-10(3)16-14/h6-8,11H,5H2,1-4H3,(H,15,16,17). The molecule has 1 atom stereocenters. The highest BCUT2D eigenvalue weighted by Crippen LogP contribution is 2.28. The van der Waals surface area contributed by atoms with Gasteiger partial charge in [0.15, 0.2) is 0 Å². The SMILES string of the molecule is CCc1sc(C(C)Nc2nccc(C)n2)cc1C. The molecule has 0 spiro atoms. The lowest BCUT2D eigenvalue weighted by Gasteiger charge is -2.11. The number of aromatic nitrogens is 2. The first-order valence-corrected chi connectivity index (χ1v) is 7.07. The van der Waals surface area contributed by atoms with Gasteiger partial charge in [0.05, 0.1) is 6.04 Å². The highest BCUT2D eigenvalue weighted by Gasteiger charge is 2.11. The highest BCUT2D eigenvalue weighted by atomic mass is 32.1. The number of anilines is 1. The highest BCUT2D eigenvalue weighted by molar-refractivity contribution is 7.12. The van der Waals surface area contributed by atoms with Crippen LogP contribution in [0.15, 0.2) is 18.3 Å². The van der Waals surface area contributed by atoms with Crippen molar-refractivity contribution in [3.05, 3.63) is 39.3 Å². The van der Waals surface area contributed by atoms with Gasteiger partial charge in [0, 0.05) is 21.6 Å². The van der Waals surface area contributed by atoms with Crippen molar-refractivity contribution in [3.63, 3.8) is 0 Å². The van der Waals surface area contributed by atoms with Crippen LogP contribution in [0.2, 0.25) is 0 Å². The van der Waals surface area contributed by atoms with E-state index in [1.54, 1.807) is 6.20 Å². The second-order valence-electron chi connectivity index (χ2n) is 4.50. The van der Waals surface area contributed by atoms with Gasteiger partial charge in [0.25, 0.3) is 0 Å². The molecular formula is C14H19N3S. The Hall–Kier alpha value is -1.42. The lowest BCUT2D eigenvalue weighted by molar-refractivity contribution is 0.875. The average molecular weight is 261 g/mol. The number of thiophene rings is 1. The van der Waals surface area contributed by atoms with Crippen molar-refractivity contribution in [2.24, 2.45) is 0 Å². The molecule has 18 heavy (non-hydrogen) atoms. The molecule has 0 bridgehead atoms. The van der Waals surface area contributed by atoms with Crippen LogP contribution in [0, 0.1) is 13.8 Å². The predicted octanol–water partition coefficient (Wildman–Crippen LogP) is 3.89. The summed E-state index contributed by atoms with van der Waals surface area (Å²) in [6, 6.07) is 4.41. The lowest BCUT2D eigenvalue weighted by Crippen LogP contribution is -2.08. The Balaban J connectivity index is 2.13. The Morgan fingerprint density at radius 3 is 2.78 bits per heavy atom. The van der Waals surface area contributed by atoms with E-state index in [9.17, 15) is 0 Å². The Morgan fingerprint density at radius 2 is 2.17 bits per heavy atom. The second kappa shape index (κ2) is 5.48. The quantitative estimate of drug-likeness (QED) is 0.907. The van der Waals surface area contributed by atoms with Crippen LogP contribution in [0.5, 0.6) is 0 Å². The van der Waals surface area contributed by atoms with Crippen molar-refractivity contribution in [3.8, 4) is 0 Å². The van der Waals surface area contributed by atoms with E-state index in [0.29, 0.717) is 5.95 Å². The fourth-order valence-electron chi connectivity index (χ4n) is 1.89. The molecule has 1 N–H and O–H groups in total. The van der Waals surface area contributed by atoms with Crippen LogP contribution in [0.4, 0.5) is 5.95 Å². The van der Waals surface area contributed by atoms with Crippen molar-refractivity contribution in [2.75, 3.05) is 5.32 Å². The number of hydrogen-bond acceptors (Lipinski definition) is 4. The maximum absolute atomic E-state index is 4.37. The first-order chi connectivity index (χ1) is 8.60. The van der Waals surface area contributed by atoms with E-state index in [-0.39, 0.29) is 6.04 Å². The third-order valence-electron chi connectivity index (χ3n) is 2.93. The van der Waals surface area contributed by atoms with E-state index in [4.69, 9.17) is 0 Å². The molecule has 0 amide bonds. The van der Waals surface area contributed by atoms with Gasteiger partial charge in [0.2, 0.25) is 5.95 Å². The van der Waals surface area contributed by atoms with Gasteiger partial charge in [0.1, 0.15) is 0 Å². The predicted molar refractivity (Wildman–Crippen MR) is 77.2 cm³/mol. The zero-order chi connectivity index (χ0) is 13.1. The monoisotopic (exact) mass is 261 g/mol. The van der Waals surface area contributed by atoms with Crippen molar-refractivity contribution >= 4 is 17.3 Å². The summed E-state index contributed by atoms with van der Waals surface area (Å²) >= 11 is 1.87. The van der Waals surface area contributed by atoms with Crippen LogP contribution >= 0.6 is 11.3 Å². The zero-order valence-corrected chi connectivity index (χ0v) is 12.1. The fourth-order valence-corrected chi connectivity index (χ4v) is 3.01. The average Bonchev–Trinajstić information content (AvgIpc) is 2.70. The molecule has 2 aromatic rings. The summed E-state index contributed by atoms with van der Waals surface area (Å²) in [5.74, 6) is 0.701. The van der Waals surface area contributed by atoms with Gasteiger partial charge in [-0.1, -0.05) is 6.92 Å². The van der Waals surface area contributed by atoms with E-state index < -0.39 is 0 Å². The van der Waals surface area contributed by atoms with Crippen molar-refractivity contribution < 1.29 is 0 Å². The number of aryl methyl sites for hydroxylation is 3. The van der Waals surface area contributed by atoms with Crippen molar-refractivity contribution in [1.82, 2.24) is 9.97 Å². The van der Waals surface area contributed by atoms with Gasteiger partial charge in [-0.2, -0.15) is 0 Å². The van der Waals surface area contributed by atoms with Gasteiger partial charge < -0.3 is 5.32 Å². The minimum Gasteiger partial charge on any atom is -0.347 e. The van der Waals surface area contributed by atoms with Crippen LogP contribution in [-0.4, -0.2) is 9.97 Å². The van der Waals surface area contributed by atoms with Gasteiger partial charge in [-0.25, -0.2) is 9.97 Å².